The van der Waals surface area contributed by atoms with Gasteiger partial charge in [0.25, 0.3) is 0 Å². The third kappa shape index (κ3) is 9.77. The fraction of sp³-hybridized carbons (Fsp3) is 0.714. The Labute approximate surface area is 112 Å². The molecule has 0 spiro atoms. The van der Waals surface area contributed by atoms with Crippen LogP contribution in [0.4, 0.5) is 0 Å². The van der Waals surface area contributed by atoms with Gasteiger partial charge in [-0.15, -0.1) is 6.01 Å². The predicted octanol–water partition coefficient (Wildman–Crippen LogP) is 3.43. The van der Waals surface area contributed by atoms with E-state index in [1.54, 1.807) is 0 Å². The van der Waals surface area contributed by atoms with Crippen molar-refractivity contribution in [3.8, 4) is 6.19 Å². The maximum absolute atomic E-state index is 7.43. The molecule has 0 aliphatic rings. The minimum Gasteiger partial charge on any atom is -0.422 e. The lowest BCUT2D eigenvalue weighted by molar-refractivity contribution is -0.923. The largest absolute Gasteiger partial charge is 0.422 e. The van der Waals surface area contributed by atoms with Crippen LogP contribution >= 0.6 is 0 Å². The first-order chi connectivity index (χ1) is 8.66. The second kappa shape index (κ2) is 13.6. The van der Waals surface area contributed by atoms with E-state index in [4.69, 9.17) is 10.7 Å². The topological polar surface area (TPSA) is 58.5 Å². The van der Waals surface area contributed by atoms with E-state index in [0.717, 1.165) is 6.54 Å². The molecule has 0 bridgehead atoms. The highest BCUT2D eigenvalue weighted by molar-refractivity contribution is 5.46. The maximum Gasteiger partial charge on any atom is 0.0971 e. The molecule has 0 fully saturated rings. The Balaban J connectivity index is 0. The Hall–Kier alpha value is -1.43. The average Bonchev–Trinajstić information content (AvgIpc) is 2.32. The van der Waals surface area contributed by atoms with Gasteiger partial charge in [0.05, 0.1) is 32.4 Å². The molecule has 0 saturated carbocycles. The number of quaternary nitrogens is 1. The van der Waals surface area contributed by atoms with Crippen molar-refractivity contribution < 1.29 is 4.48 Å². The molecule has 0 rings (SSSR count). The Morgan fingerprint density at radius 2 is 1.61 bits per heavy atom. The van der Waals surface area contributed by atoms with Crippen LogP contribution < -0.4 is 0 Å². The molecule has 4 heteroatoms. The van der Waals surface area contributed by atoms with Crippen molar-refractivity contribution in [2.24, 2.45) is 4.99 Å². The van der Waals surface area contributed by atoms with Crippen LogP contribution in [0.3, 0.4) is 0 Å². The number of nitrogens with zero attached hydrogens (tertiary/aromatic N) is 4. The zero-order valence-electron chi connectivity index (χ0n) is 12.0. The average molecular weight is 250 g/mol. The summed E-state index contributed by atoms with van der Waals surface area (Å²) in [6.45, 7) is 15.8. The molecule has 0 atom stereocenters. The minimum atomic E-state index is 1.15. The summed E-state index contributed by atoms with van der Waals surface area (Å²) in [4.78, 5) is 2.58. The Morgan fingerprint density at radius 3 is 1.78 bits per heavy atom. The van der Waals surface area contributed by atoms with Crippen molar-refractivity contribution >= 4 is 6.01 Å². The van der Waals surface area contributed by atoms with Crippen LogP contribution in [0, 0.1) is 11.5 Å². The second-order valence-electron chi connectivity index (χ2n) is 4.30. The number of aliphatic imine (C=N–C) groups is 1. The summed E-state index contributed by atoms with van der Waals surface area (Å²) in [5, 5.41) is 14.9. The van der Waals surface area contributed by atoms with Crippen molar-refractivity contribution in [2.75, 3.05) is 26.2 Å². The van der Waals surface area contributed by atoms with Crippen molar-refractivity contribution in [1.82, 2.24) is 0 Å². The molecular weight excluding hydrogens is 224 g/mol. The summed E-state index contributed by atoms with van der Waals surface area (Å²) in [6.07, 6.45) is 7.22. The molecule has 0 aromatic heterocycles. The first-order valence-corrected chi connectivity index (χ1v) is 6.60. The molecule has 0 radical (unpaired) electrons. The van der Waals surface area contributed by atoms with Crippen molar-refractivity contribution in [3.05, 3.63) is 18.1 Å². The van der Waals surface area contributed by atoms with Crippen LogP contribution in [0.5, 0.6) is 0 Å². The van der Waals surface area contributed by atoms with Gasteiger partial charge in [-0.05, 0) is 25.3 Å². The third-order valence-corrected chi connectivity index (χ3v) is 2.71. The Morgan fingerprint density at radius 1 is 1.17 bits per heavy atom. The lowest BCUT2D eigenvalue weighted by atomic mass is 10.2. The quantitative estimate of drug-likeness (QED) is 0.282. The molecular formula is C14H26N4. The summed E-state index contributed by atoms with van der Waals surface area (Å²) in [6, 6.07) is 1.28. The monoisotopic (exact) mass is 250 g/mol. The first-order valence-electron chi connectivity index (χ1n) is 6.60. The Kier molecular flexibility index (Phi) is 14.3. The molecule has 0 aliphatic carbocycles. The molecule has 18 heavy (non-hydrogen) atoms. The summed E-state index contributed by atoms with van der Waals surface area (Å²) < 4.78 is 1.26. The SMILES string of the molecule is C=CC[N+](CCC)(CCC)CCC.N#CN=C=[N-]. The molecule has 0 aliphatic heterocycles. The normalized spacial score (nSPS) is 9.44. The van der Waals surface area contributed by atoms with E-state index < -0.39 is 0 Å². The van der Waals surface area contributed by atoms with Gasteiger partial charge in [0.2, 0.25) is 0 Å². The highest BCUT2D eigenvalue weighted by Gasteiger charge is 2.22. The van der Waals surface area contributed by atoms with Gasteiger partial charge in [0.1, 0.15) is 0 Å². The molecule has 0 aromatic rings. The van der Waals surface area contributed by atoms with E-state index in [2.05, 4.69) is 38.4 Å². The van der Waals surface area contributed by atoms with Gasteiger partial charge in [-0.25, -0.2) is 0 Å². The second-order valence-corrected chi connectivity index (χ2v) is 4.30. The van der Waals surface area contributed by atoms with Crippen molar-refractivity contribution in [1.29, 1.82) is 5.26 Å². The van der Waals surface area contributed by atoms with Gasteiger partial charge in [-0.2, -0.15) is 5.26 Å². The highest BCUT2D eigenvalue weighted by Crippen LogP contribution is 2.11. The molecule has 0 heterocycles. The molecule has 0 N–H and O–H groups in total. The summed E-state index contributed by atoms with van der Waals surface area (Å²) >= 11 is 0. The third-order valence-electron chi connectivity index (χ3n) is 2.71. The molecule has 0 saturated heterocycles. The maximum atomic E-state index is 7.43. The number of rotatable bonds is 8. The standard InChI is InChI=1S/C12H26N.C2N3/c1-5-9-13(10-6-2,11-7-3)12-8-4;3-1-5-2-4/h5H,1,6-12H2,2-4H3;/q+1;-1. The minimum absolute atomic E-state index is 1.15. The fourth-order valence-corrected chi connectivity index (χ4v) is 2.33. The molecule has 4 nitrogen and oxygen atoms in total. The molecule has 0 amide bonds. The fourth-order valence-electron chi connectivity index (χ4n) is 2.33. The molecule has 0 aromatic carbocycles. The zero-order valence-corrected chi connectivity index (χ0v) is 12.0. The summed E-state index contributed by atoms with van der Waals surface area (Å²) in [5.74, 6) is 0. The van der Waals surface area contributed by atoms with Crippen LogP contribution in [-0.4, -0.2) is 36.7 Å². The van der Waals surface area contributed by atoms with Crippen LogP contribution in [-0.2, 0) is 0 Å². The van der Waals surface area contributed by atoms with Crippen molar-refractivity contribution in [3.63, 3.8) is 0 Å². The smallest absolute Gasteiger partial charge is 0.0971 e. The number of hydrogen-bond donors (Lipinski definition) is 0. The summed E-state index contributed by atoms with van der Waals surface area (Å²) in [5.41, 5.74) is 0. The van der Waals surface area contributed by atoms with E-state index in [1.165, 1.54) is 55.6 Å². The van der Waals surface area contributed by atoms with E-state index in [-0.39, 0.29) is 0 Å². The van der Waals surface area contributed by atoms with Crippen LogP contribution in [0.25, 0.3) is 5.41 Å². The number of nitriles is 1. The van der Waals surface area contributed by atoms with Gasteiger partial charge >= 0.3 is 0 Å². The van der Waals surface area contributed by atoms with E-state index in [1.807, 2.05) is 0 Å². The van der Waals surface area contributed by atoms with Gasteiger partial charge in [-0.3, -0.25) is 0 Å². The van der Waals surface area contributed by atoms with Gasteiger partial charge in [-0.1, -0.05) is 27.4 Å². The molecule has 102 valence electrons. The van der Waals surface area contributed by atoms with Gasteiger partial charge < -0.3 is 14.9 Å². The first kappa shape index (κ1) is 18.9. The lowest BCUT2D eigenvalue weighted by Crippen LogP contribution is -2.49. The zero-order chi connectivity index (χ0) is 14.3. The summed E-state index contributed by atoms with van der Waals surface area (Å²) in [7, 11) is 0. The van der Waals surface area contributed by atoms with Crippen molar-refractivity contribution in [2.45, 2.75) is 40.0 Å². The highest BCUT2D eigenvalue weighted by atomic mass is 15.3. The molecule has 0 unspecified atom stereocenters. The van der Waals surface area contributed by atoms with Crippen LogP contribution in [0.15, 0.2) is 17.6 Å². The lowest BCUT2D eigenvalue weighted by Gasteiger charge is -2.37. The number of hydrogen-bond acceptors (Lipinski definition) is 2. The Bertz CT molecular complexity index is 268. The van der Waals surface area contributed by atoms with Crippen LogP contribution in [0.2, 0.25) is 0 Å². The van der Waals surface area contributed by atoms with Crippen LogP contribution in [0.1, 0.15) is 40.0 Å². The van der Waals surface area contributed by atoms with E-state index in [9.17, 15) is 0 Å². The van der Waals surface area contributed by atoms with E-state index in [0.29, 0.717) is 0 Å². The van der Waals surface area contributed by atoms with E-state index >= 15 is 0 Å². The van der Waals surface area contributed by atoms with Gasteiger partial charge in [0, 0.05) is 0 Å². The predicted molar refractivity (Wildman–Crippen MR) is 77.2 cm³/mol. The van der Waals surface area contributed by atoms with Gasteiger partial charge in [0.15, 0.2) is 0 Å².